The minimum absolute atomic E-state index is 0.144. The summed E-state index contributed by atoms with van der Waals surface area (Å²) in [5, 5.41) is 2.27. The van der Waals surface area contributed by atoms with Gasteiger partial charge in [0.1, 0.15) is 5.57 Å². The van der Waals surface area contributed by atoms with Gasteiger partial charge in [0.25, 0.3) is 11.8 Å². The Bertz CT molecular complexity index is 1480. The van der Waals surface area contributed by atoms with Crippen LogP contribution < -0.4 is 10.2 Å². The summed E-state index contributed by atoms with van der Waals surface area (Å²) in [6.45, 7) is 7.45. The molecule has 0 saturated carbocycles. The topological polar surface area (TPSA) is 97.7 Å². The lowest BCUT2D eigenvalue weighted by molar-refractivity contribution is -0.122. The number of aromatic nitrogens is 1. The second-order valence-electron chi connectivity index (χ2n) is 8.54. The van der Waals surface area contributed by atoms with Crippen LogP contribution in [0.3, 0.4) is 0 Å². The molecular weight excluding hydrogens is 526 g/mol. The van der Waals surface area contributed by atoms with Crippen LogP contribution in [-0.2, 0) is 14.3 Å². The number of hydrogen-bond donors (Lipinski definition) is 1. The highest BCUT2D eigenvalue weighted by atomic mass is 79.9. The number of carbonyl (C=O) groups excluding carboxylic acids is 4. The number of methoxy groups -OCH3 is 1. The van der Waals surface area contributed by atoms with E-state index in [9.17, 15) is 19.2 Å². The van der Waals surface area contributed by atoms with E-state index in [4.69, 9.17) is 4.74 Å². The fourth-order valence-electron chi connectivity index (χ4n) is 4.36. The summed E-state index contributed by atoms with van der Waals surface area (Å²) < 4.78 is 7.59. The van der Waals surface area contributed by atoms with Gasteiger partial charge in [0, 0.05) is 21.5 Å². The maximum absolute atomic E-state index is 13.4. The van der Waals surface area contributed by atoms with Gasteiger partial charge >= 0.3 is 12.0 Å². The standard InChI is InChI=1S/C27H24BrN3O5/c1-14-10-18(26(34)36-5)6-8-22(14)30-16(3)12-19(17(30)4)13-21-24(32)29-27(35)31(25(21)33)23-9-7-20(28)11-15(23)2/h6-13H,1-5H3,(H,29,32,35)/b21-13+. The molecule has 1 saturated heterocycles. The zero-order valence-electron chi connectivity index (χ0n) is 20.4. The number of imide groups is 2. The Morgan fingerprint density at radius 1 is 0.944 bits per heavy atom. The Morgan fingerprint density at radius 2 is 1.61 bits per heavy atom. The normalized spacial score (nSPS) is 14.9. The number of halogens is 1. The highest BCUT2D eigenvalue weighted by Gasteiger charge is 2.37. The van der Waals surface area contributed by atoms with Crippen LogP contribution in [0.15, 0.2) is 52.5 Å². The molecule has 0 spiro atoms. The lowest BCUT2D eigenvalue weighted by Crippen LogP contribution is -2.54. The summed E-state index contributed by atoms with van der Waals surface area (Å²) in [4.78, 5) is 51.5. The van der Waals surface area contributed by atoms with Crippen molar-refractivity contribution in [3.05, 3.63) is 86.2 Å². The lowest BCUT2D eigenvalue weighted by atomic mass is 10.1. The smallest absolute Gasteiger partial charge is 0.337 e. The highest BCUT2D eigenvalue weighted by Crippen LogP contribution is 2.29. The quantitative estimate of drug-likeness (QED) is 0.283. The van der Waals surface area contributed by atoms with Gasteiger partial charge in [-0.15, -0.1) is 0 Å². The number of nitrogens with zero attached hydrogens (tertiary/aromatic N) is 2. The molecule has 8 nitrogen and oxygen atoms in total. The number of rotatable bonds is 4. The van der Waals surface area contributed by atoms with Crippen LogP contribution in [-0.4, -0.2) is 35.5 Å². The van der Waals surface area contributed by atoms with Gasteiger partial charge in [0.15, 0.2) is 0 Å². The van der Waals surface area contributed by atoms with Crippen molar-refractivity contribution >= 4 is 51.5 Å². The number of carbonyl (C=O) groups is 4. The number of anilines is 1. The van der Waals surface area contributed by atoms with Crippen molar-refractivity contribution in [1.29, 1.82) is 0 Å². The second-order valence-corrected chi connectivity index (χ2v) is 9.46. The number of ether oxygens (including phenoxy) is 1. The number of nitrogens with one attached hydrogen (secondary N) is 1. The van der Waals surface area contributed by atoms with Crippen molar-refractivity contribution in [2.75, 3.05) is 12.0 Å². The fraction of sp³-hybridized carbons (Fsp3) is 0.185. The van der Waals surface area contributed by atoms with Gasteiger partial charge in [-0.2, -0.15) is 0 Å². The van der Waals surface area contributed by atoms with Gasteiger partial charge in [0.05, 0.1) is 18.4 Å². The van der Waals surface area contributed by atoms with E-state index in [2.05, 4.69) is 21.2 Å². The summed E-state index contributed by atoms with van der Waals surface area (Å²) in [5.74, 6) is -1.87. The van der Waals surface area contributed by atoms with Crippen LogP contribution >= 0.6 is 15.9 Å². The number of hydrogen-bond acceptors (Lipinski definition) is 5. The molecular formula is C27H24BrN3O5. The molecule has 2 heterocycles. The van der Waals surface area contributed by atoms with Gasteiger partial charge in [-0.25, -0.2) is 14.5 Å². The molecule has 1 N–H and O–H groups in total. The van der Waals surface area contributed by atoms with Crippen LogP contribution in [0, 0.1) is 27.7 Å². The molecule has 0 radical (unpaired) electrons. The first-order chi connectivity index (χ1) is 17.0. The van der Waals surface area contributed by atoms with Crippen LogP contribution in [0.5, 0.6) is 0 Å². The number of esters is 1. The number of amides is 4. The van der Waals surface area contributed by atoms with Crippen molar-refractivity contribution in [3.8, 4) is 5.69 Å². The zero-order chi connectivity index (χ0) is 26.3. The summed E-state index contributed by atoms with van der Waals surface area (Å²) in [5.41, 5.74) is 5.42. The molecule has 9 heteroatoms. The van der Waals surface area contributed by atoms with E-state index in [-0.39, 0.29) is 5.57 Å². The van der Waals surface area contributed by atoms with E-state index < -0.39 is 23.8 Å². The Labute approximate surface area is 216 Å². The molecule has 184 valence electrons. The molecule has 4 amide bonds. The average molecular weight is 550 g/mol. The highest BCUT2D eigenvalue weighted by molar-refractivity contribution is 9.10. The van der Waals surface area contributed by atoms with Crippen molar-refractivity contribution in [2.24, 2.45) is 0 Å². The number of urea groups is 1. The Morgan fingerprint density at radius 3 is 2.25 bits per heavy atom. The monoisotopic (exact) mass is 549 g/mol. The van der Waals surface area contributed by atoms with Crippen molar-refractivity contribution in [2.45, 2.75) is 27.7 Å². The summed E-state index contributed by atoms with van der Waals surface area (Å²) >= 11 is 3.38. The minimum Gasteiger partial charge on any atom is -0.465 e. The summed E-state index contributed by atoms with van der Waals surface area (Å²) in [6.07, 6.45) is 1.50. The predicted molar refractivity (Wildman–Crippen MR) is 139 cm³/mol. The first-order valence-electron chi connectivity index (χ1n) is 11.1. The van der Waals surface area contributed by atoms with Crippen LogP contribution in [0.4, 0.5) is 10.5 Å². The van der Waals surface area contributed by atoms with E-state index in [1.54, 1.807) is 37.3 Å². The molecule has 0 aliphatic carbocycles. The number of barbiturate groups is 1. The molecule has 4 rings (SSSR count). The van der Waals surface area contributed by atoms with Gasteiger partial charge in [0.2, 0.25) is 0 Å². The molecule has 3 aromatic rings. The predicted octanol–water partition coefficient (Wildman–Crippen LogP) is 4.93. The Hall–Kier alpha value is -3.98. The number of aryl methyl sites for hydroxylation is 3. The minimum atomic E-state index is -0.792. The molecule has 1 aliphatic rings. The van der Waals surface area contributed by atoms with E-state index in [0.29, 0.717) is 22.4 Å². The van der Waals surface area contributed by atoms with Gasteiger partial charge in [-0.1, -0.05) is 15.9 Å². The molecule has 36 heavy (non-hydrogen) atoms. The van der Waals surface area contributed by atoms with Crippen LogP contribution in [0.2, 0.25) is 0 Å². The largest absolute Gasteiger partial charge is 0.465 e. The Balaban J connectivity index is 1.76. The maximum atomic E-state index is 13.4. The van der Waals surface area contributed by atoms with E-state index >= 15 is 0 Å². The first kappa shape index (κ1) is 25.1. The zero-order valence-corrected chi connectivity index (χ0v) is 22.0. The summed E-state index contributed by atoms with van der Waals surface area (Å²) in [7, 11) is 1.33. The molecule has 2 aromatic carbocycles. The third-order valence-corrected chi connectivity index (χ3v) is 6.62. The first-order valence-corrected chi connectivity index (χ1v) is 11.9. The molecule has 0 unspecified atom stereocenters. The fourth-order valence-corrected chi connectivity index (χ4v) is 4.83. The van der Waals surface area contributed by atoms with Crippen molar-refractivity contribution in [3.63, 3.8) is 0 Å². The molecule has 1 aromatic heterocycles. The van der Waals surface area contributed by atoms with Crippen LogP contribution in [0.1, 0.15) is 38.4 Å². The third-order valence-electron chi connectivity index (χ3n) is 6.13. The molecule has 0 atom stereocenters. The van der Waals surface area contributed by atoms with Gasteiger partial charge in [-0.05, 0) is 92.9 Å². The van der Waals surface area contributed by atoms with Crippen molar-refractivity contribution < 1.29 is 23.9 Å². The second kappa shape index (κ2) is 9.58. The van der Waals surface area contributed by atoms with Crippen molar-refractivity contribution in [1.82, 2.24) is 9.88 Å². The molecule has 0 bridgehead atoms. The average Bonchev–Trinajstić information content (AvgIpc) is 3.09. The van der Waals surface area contributed by atoms with E-state index in [1.165, 1.54) is 13.2 Å². The van der Waals surface area contributed by atoms with Crippen LogP contribution in [0.25, 0.3) is 11.8 Å². The Kier molecular flexibility index (Phi) is 6.69. The summed E-state index contributed by atoms with van der Waals surface area (Å²) in [6, 6.07) is 11.5. The molecule has 1 fully saturated rings. The third kappa shape index (κ3) is 4.37. The maximum Gasteiger partial charge on any atom is 0.337 e. The SMILES string of the molecule is COC(=O)c1ccc(-n2c(C)cc(/C=C3\C(=O)NC(=O)N(c4ccc(Br)cc4C)C3=O)c2C)c(C)c1. The van der Waals surface area contributed by atoms with Gasteiger partial charge < -0.3 is 9.30 Å². The van der Waals surface area contributed by atoms with E-state index in [1.807, 2.05) is 37.5 Å². The number of benzene rings is 2. The van der Waals surface area contributed by atoms with Gasteiger partial charge in [-0.3, -0.25) is 14.9 Å². The lowest BCUT2D eigenvalue weighted by Gasteiger charge is -2.27. The molecule has 1 aliphatic heterocycles. The van der Waals surface area contributed by atoms with E-state index in [0.717, 1.165) is 32.0 Å².